The summed E-state index contributed by atoms with van der Waals surface area (Å²) in [7, 11) is 4.13. The van der Waals surface area contributed by atoms with Crippen LogP contribution in [0.15, 0.2) is 35.4 Å². The Labute approximate surface area is 126 Å². The summed E-state index contributed by atoms with van der Waals surface area (Å²) in [4.78, 5) is 12.4. The summed E-state index contributed by atoms with van der Waals surface area (Å²) in [5.74, 6) is 0. The van der Waals surface area contributed by atoms with E-state index in [1.165, 1.54) is 10.6 Å². The van der Waals surface area contributed by atoms with Crippen LogP contribution < -0.4 is 0 Å². The molecule has 6 heteroatoms. The van der Waals surface area contributed by atoms with Crippen LogP contribution in [0.1, 0.15) is 11.4 Å². The van der Waals surface area contributed by atoms with E-state index >= 15 is 0 Å². The van der Waals surface area contributed by atoms with Crippen molar-refractivity contribution in [2.45, 2.75) is 13.1 Å². The Morgan fingerprint density at radius 3 is 2.90 bits per heavy atom. The highest BCUT2D eigenvalue weighted by Crippen LogP contribution is 2.28. The zero-order chi connectivity index (χ0) is 13.9. The van der Waals surface area contributed by atoms with Gasteiger partial charge >= 0.3 is 0 Å². The highest BCUT2D eigenvalue weighted by molar-refractivity contribution is 7.20. The van der Waals surface area contributed by atoms with Gasteiger partial charge in [0.1, 0.15) is 5.01 Å². The van der Waals surface area contributed by atoms with E-state index in [4.69, 9.17) is 4.98 Å². The topological polar surface area (TPSA) is 34.0 Å². The summed E-state index contributed by atoms with van der Waals surface area (Å²) in [5, 5.41) is 5.35. The van der Waals surface area contributed by atoms with Crippen molar-refractivity contribution in [1.82, 2.24) is 19.4 Å². The maximum Gasteiger partial charge on any atom is 0.133 e. The van der Waals surface area contributed by atoms with Crippen molar-refractivity contribution in [3.63, 3.8) is 0 Å². The molecule has 0 aromatic carbocycles. The molecule has 0 bridgehead atoms. The standard InChI is InChI=1S/C14H16N4S2/c1-17(8-12-6-15-10-18(12)2)7-11-9-20-14(16-11)13-4-3-5-19-13/h3-6,9-10H,7-8H2,1-2H3. The van der Waals surface area contributed by atoms with Crippen LogP contribution in [0, 0.1) is 0 Å². The second-order valence-corrected chi connectivity index (χ2v) is 6.60. The van der Waals surface area contributed by atoms with Gasteiger partial charge in [-0.3, -0.25) is 4.90 Å². The second kappa shape index (κ2) is 5.87. The Morgan fingerprint density at radius 2 is 2.20 bits per heavy atom. The minimum absolute atomic E-state index is 0.854. The lowest BCUT2D eigenvalue weighted by molar-refractivity contribution is 0.308. The van der Waals surface area contributed by atoms with Crippen LogP contribution >= 0.6 is 22.7 Å². The highest BCUT2D eigenvalue weighted by atomic mass is 32.1. The summed E-state index contributed by atoms with van der Waals surface area (Å²) >= 11 is 3.45. The SMILES string of the molecule is CN(Cc1csc(-c2cccs2)n1)Cc1cncn1C. The number of thiazole rings is 1. The average molecular weight is 304 g/mol. The maximum absolute atomic E-state index is 4.71. The molecule has 0 aliphatic rings. The van der Waals surface area contributed by atoms with Gasteiger partial charge < -0.3 is 4.57 Å². The van der Waals surface area contributed by atoms with E-state index in [2.05, 4.69) is 44.4 Å². The van der Waals surface area contributed by atoms with Gasteiger partial charge in [0.2, 0.25) is 0 Å². The molecule has 0 unspecified atom stereocenters. The van der Waals surface area contributed by atoms with Crippen molar-refractivity contribution >= 4 is 22.7 Å². The van der Waals surface area contributed by atoms with Crippen molar-refractivity contribution in [3.05, 3.63) is 46.8 Å². The molecule has 20 heavy (non-hydrogen) atoms. The summed E-state index contributed by atoms with van der Waals surface area (Å²) in [6.45, 7) is 1.73. The number of imidazole rings is 1. The molecule has 0 saturated carbocycles. The number of thiophene rings is 1. The molecule has 0 amide bonds. The molecular weight excluding hydrogens is 288 g/mol. The average Bonchev–Trinajstić information content (AvgIpc) is 3.12. The first kappa shape index (κ1) is 13.5. The Balaban J connectivity index is 1.65. The van der Waals surface area contributed by atoms with Crippen LogP contribution in [0.5, 0.6) is 0 Å². The van der Waals surface area contributed by atoms with Crippen molar-refractivity contribution in [1.29, 1.82) is 0 Å². The minimum Gasteiger partial charge on any atom is -0.337 e. The third-order valence-corrected chi connectivity index (χ3v) is 4.99. The van der Waals surface area contributed by atoms with E-state index in [0.717, 1.165) is 23.8 Å². The molecule has 3 heterocycles. The minimum atomic E-state index is 0.854. The first-order chi connectivity index (χ1) is 9.72. The predicted molar refractivity (Wildman–Crippen MR) is 83.8 cm³/mol. The Hall–Kier alpha value is -1.50. The second-order valence-electron chi connectivity index (χ2n) is 4.79. The third-order valence-electron chi connectivity index (χ3n) is 3.06. The van der Waals surface area contributed by atoms with E-state index in [9.17, 15) is 0 Å². The lowest BCUT2D eigenvalue weighted by Crippen LogP contribution is -2.18. The lowest BCUT2D eigenvalue weighted by atomic mass is 10.4. The van der Waals surface area contributed by atoms with E-state index in [-0.39, 0.29) is 0 Å². The van der Waals surface area contributed by atoms with Crippen LogP contribution in [0.4, 0.5) is 0 Å². The zero-order valence-electron chi connectivity index (χ0n) is 11.5. The van der Waals surface area contributed by atoms with E-state index in [0.29, 0.717) is 0 Å². The van der Waals surface area contributed by atoms with Crippen molar-refractivity contribution in [3.8, 4) is 9.88 Å². The molecule has 0 aliphatic heterocycles. The fraction of sp³-hybridized carbons (Fsp3) is 0.286. The first-order valence-electron chi connectivity index (χ1n) is 6.34. The van der Waals surface area contributed by atoms with Crippen molar-refractivity contribution in [2.75, 3.05) is 7.05 Å². The summed E-state index contributed by atoms with van der Waals surface area (Å²) < 4.78 is 2.05. The molecule has 3 aromatic rings. The molecule has 0 N–H and O–H groups in total. The Bertz CT molecular complexity index is 669. The van der Waals surface area contributed by atoms with Crippen LogP contribution in [0.25, 0.3) is 9.88 Å². The summed E-state index contributed by atoms with van der Waals surface area (Å²) in [5.41, 5.74) is 2.34. The van der Waals surface area contributed by atoms with Gasteiger partial charge in [-0.1, -0.05) is 6.07 Å². The molecule has 4 nitrogen and oxygen atoms in total. The van der Waals surface area contributed by atoms with Crippen molar-refractivity contribution < 1.29 is 0 Å². The molecule has 0 atom stereocenters. The van der Waals surface area contributed by atoms with E-state index in [1.54, 1.807) is 22.7 Å². The third kappa shape index (κ3) is 2.98. The number of hydrogen-bond donors (Lipinski definition) is 0. The number of nitrogens with zero attached hydrogens (tertiary/aromatic N) is 4. The molecule has 0 spiro atoms. The molecular formula is C14H16N4S2. The van der Waals surface area contributed by atoms with E-state index < -0.39 is 0 Å². The van der Waals surface area contributed by atoms with Crippen LogP contribution in [-0.4, -0.2) is 26.5 Å². The predicted octanol–water partition coefficient (Wildman–Crippen LogP) is 3.24. The largest absolute Gasteiger partial charge is 0.337 e. The molecule has 0 fully saturated rings. The van der Waals surface area contributed by atoms with Gasteiger partial charge in [-0.25, -0.2) is 9.97 Å². The molecule has 0 aliphatic carbocycles. The molecule has 0 saturated heterocycles. The van der Waals surface area contributed by atoms with Gasteiger partial charge in [0, 0.05) is 31.7 Å². The van der Waals surface area contributed by atoms with Crippen molar-refractivity contribution in [2.24, 2.45) is 7.05 Å². The van der Waals surface area contributed by atoms with Crippen LogP contribution in [-0.2, 0) is 20.1 Å². The maximum atomic E-state index is 4.71. The number of rotatable bonds is 5. The summed E-state index contributed by atoms with van der Waals surface area (Å²) in [6, 6.07) is 4.18. The van der Waals surface area contributed by atoms with Gasteiger partial charge in [0.05, 0.1) is 22.6 Å². The van der Waals surface area contributed by atoms with Crippen LogP contribution in [0.3, 0.4) is 0 Å². The smallest absolute Gasteiger partial charge is 0.133 e. The normalized spacial score (nSPS) is 11.3. The number of aryl methyl sites for hydroxylation is 1. The van der Waals surface area contributed by atoms with Gasteiger partial charge in [0.25, 0.3) is 0 Å². The Morgan fingerprint density at radius 1 is 1.30 bits per heavy atom. The first-order valence-corrected chi connectivity index (χ1v) is 8.10. The number of hydrogen-bond acceptors (Lipinski definition) is 5. The highest BCUT2D eigenvalue weighted by Gasteiger charge is 2.09. The number of aromatic nitrogens is 3. The van der Waals surface area contributed by atoms with E-state index in [1.807, 2.05) is 19.6 Å². The fourth-order valence-electron chi connectivity index (χ4n) is 2.04. The van der Waals surface area contributed by atoms with Crippen LogP contribution in [0.2, 0.25) is 0 Å². The lowest BCUT2D eigenvalue weighted by Gasteiger charge is -2.15. The molecule has 3 rings (SSSR count). The van der Waals surface area contributed by atoms with Gasteiger partial charge in [0.15, 0.2) is 0 Å². The molecule has 104 valence electrons. The monoisotopic (exact) mass is 304 g/mol. The fourth-order valence-corrected chi connectivity index (χ4v) is 3.66. The van der Waals surface area contributed by atoms with Gasteiger partial charge in [-0.05, 0) is 18.5 Å². The van der Waals surface area contributed by atoms with Gasteiger partial charge in [-0.15, -0.1) is 22.7 Å². The molecule has 0 radical (unpaired) electrons. The quantitative estimate of drug-likeness (QED) is 0.725. The zero-order valence-corrected chi connectivity index (χ0v) is 13.1. The molecule has 3 aromatic heterocycles. The Kier molecular flexibility index (Phi) is 3.95. The van der Waals surface area contributed by atoms with Gasteiger partial charge in [-0.2, -0.15) is 0 Å². The summed E-state index contributed by atoms with van der Waals surface area (Å²) in [6.07, 6.45) is 3.75.